The molecule has 0 bridgehead atoms. The summed E-state index contributed by atoms with van der Waals surface area (Å²) in [5.41, 5.74) is 5.38. The van der Waals surface area contributed by atoms with E-state index in [2.05, 4.69) is 5.32 Å². The normalized spacial score (nSPS) is 11.6. The smallest absolute Gasteiger partial charge is 0.305 e. The molecule has 1 unspecified atom stereocenters. The Balaban J connectivity index is 2.18. The molecule has 1 amide bonds. The molecule has 6 nitrogen and oxygen atoms in total. The number of benzene rings is 1. The first kappa shape index (κ1) is 14.0. The lowest BCUT2D eigenvalue weighted by atomic mass is 10.2. The summed E-state index contributed by atoms with van der Waals surface area (Å²) in [5, 5.41) is 11.0. The Kier molecular flexibility index (Phi) is 5.66. The predicted octanol–water partition coefficient (Wildman–Crippen LogP) is -0.0164. The first-order valence-electron chi connectivity index (χ1n) is 5.52. The van der Waals surface area contributed by atoms with E-state index >= 15 is 0 Å². The van der Waals surface area contributed by atoms with Crippen molar-refractivity contribution in [1.82, 2.24) is 5.32 Å². The number of rotatable bonds is 7. The van der Waals surface area contributed by atoms with E-state index in [4.69, 9.17) is 15.6 Å². The van der Waals surface area contributed by atoms with Gasteiger partial charge in [-0.05, 0) is 12.1 Å². The van der Waals surface area contributed by atoms with Gasteiger partial charge in [0.15, 0.2) is 0 Å². The van der Waals surface area contributed by atoms with Gasteiger partial charge in [0, 0.05) is 0 Å². The zero-order valence-electron chi connectivity index (χ0n) is 9.83. The molecule has 0 aromatic heterocycles. The molecule has 0 saturated heterocycles. The molecule has 18 heavy (non-hydrogen) atoms. The molecule has 1 aromatic rings. The van der Waals surface area contributed by atoms with Crippen LogP contribution in [0.25, 0.3) is 0 Å². The number of carboxylic acid groups (broad SMARTS) is 1. The Hall–Kier alpha value is -2.08. The number of amides is 1. The molecule has 0 radical (unpaired) electrons. The van der Waals surface area contributed by atoms with Crippen LogP contribution in [0.1, 0.15) is 6.42 Å². The molecule has 1 atom stereocenters. The van der Waals surface area contributed by atoms with Crippen molar-refractivity contribution in [3.8, 4) is 5.75 Å². The molecule has 0 aliphatic rings. The van der Waals surface area contributed by atoms with Crippen molar-refractivity contribution in [2.75, 3.05) is 13.2 Å². The standard InChI is InChI=1S/C12H16N2O4/c13-10(8-11(15)16)12(17)14-6-7-18-9-4-2-1-3-5-9/h1-5,10H,6-8,13H2,(H,14,17)(H,15,16). The molecule has 0 spiro atoms. The average molecular weight is 252 g/mol. The number of carbonyl (C=O) groups excluding carboxylic acids is 1. The summed E-state index contributed by atoms with van der Waals surface area (Å²) < 4.78 is 5.35. The van der Waals surface area contributed by atoms with Crippen LogP contribution in [0.2, 0.25) is 0 Å². The van der Waals surface area contributed by atoms with Crippen LogP contribution in [-0.2, 0) is 9.59 Å². The van der Waals surface area contributed by atoms with Crippen molar-refractivity contribution in [2.24, 2.45) is 5.73 Å². The van der Waals surface area contributed by atoms with Gasteiger partial charge in [0.05, 0.1) is 19.0 Å². The maximum Gasteiger partial charge on any atom is 0.305 e. The lowest BCUT2D eigenvalue weighted by Crippen LogP contribution is -2.43. The van der Waals surface area contributed by atoms with Crippen LogP contribution < -0.4 is 15.8 Å². The number of carboxylic acids is 1. The van der Waals surface area contributed by atoms with Crippen molar-refractivity contribution >= 4 is 11.9 Å². The Bertz CT molecular complexity index is 394. The maximum atomic E-state index is 11.3. The number of hydrogen-bond donors (Lipinski definition) is 3. The Morgan fingerprint density at radius 1 is 1.33 bits per heavy atom. The van der Waals surface area contributed by atoms with Crippen LogP contribution in [0.3, 0.4) is 0 Å². The fraction of sp³-hybridized carbons (Fsp3) is 0.333. The minimum absolute atomic E-state index is 0.279. The van der Waals surface area contributed by atoms with Gasteiger partial charge in [-0.2, -0.15) is 0 Å². The third-order valence-corrected chi connectivity index (χ3v) is 2.14. The van der Waals surface area contributed by atoms with Crippen LogP contribution in [0.15, 0.2) is 30.3 Å². The van der Waals surface area contributed by atoms with Crippen molar-refractivity contribution in [2.45, 2.75) is 12.5 Å². The van der Waals surface area contributed by atoms with Crippen LogP contribution in [-0.4, -0.2) is 36.2 Å². The van der Waals surface area contributed by atoms with Crippen molar-refractivity contribution in [3.05, 3.63) is 30.3 Å². The second kappa shape index (κ2) is 7.29. The Morgan fingerprint density at radius 3 is 2.61 bits per heavy atom. The quantitative estimate of drug-likeness (QED) is 0.592. The van der Waals surface area contributed by atoms with Crippen molar-refractivity contribution in [1.29, 1.82) is 0 Å². The average Bonchev–Trinajstić information content (AvgIpc) is 2.34. The van der Waals surface area contributed by atoms with E-state index in [0.717, 1.165) is 0 Å². The fourth-order valence-corrected chi connectivity index (χ4v) is 1.27. The topological polar surface area (TPSA) is 102 Å². The first-order chi connectivity index (χ1) is 8.59. The SMILES string of the molecule is NC(CC(=O)O)C(=O)NCCOc1ccccc1. The van der Waals surface area contributed by atoms with Gasteiger partial charge in [0.1, 0.15) is 12.4 Å². The number of ether oxygens (including phenoxy) is 1. The highest BCUT2D eigenvalue weighted by atomic mass is 16.5. The maximum absolute atomic E-state index is 11.3. The highest BCUT2D eigenvalue weighted by Gasteiger charge is 2.16. The predicted molar refractivity (Wildman–Crippen MR) is 65.2 cm³/mol. The van der Waals surface area contributed by atoms with Crippen LogP contribution >= 0.6 is 0 Å². The Labute approximate surface area is 105 Å². The number of carbonyl (C=O) groups is 2. The fourth-order valence-electron chi connectivity index (χ4n) is 1.27. The number of hydrogen-bond acceptors (Lipinski definition) is 4. The summed E-state index contributed by atoms with van der Waals surface area (Å²) in [6.45, 7) is 0.580. The van der Waals surface area contributed by atoms with Crippen LogP contribution in [0.5, 0.6) is 5.75 Å². The lowest BCUT2D eigenvalue weighted by Gasteiger charge is -2.10. The van der Waals surface area contributed by atoms with Gasteiger partial charge < -0.3 is 20.9 Å². The molecule has 0 heterocycles. The molecule has 0 fully saturated rings. The molecule has 0 aliphatic carbocycles. The summed E-state index contributed by atoms with van der Waals surface area (Å²) in [4.78, 5) is 21.7. The van der Waals surface area contributed by atoms with Crippen LogP contribution in [0, 0.1) is 0 Å². The second-order valence-electron chi connectivity index (χ2n) is 3.66. The van der Waals surface area contributed by atoms with Gasteiger partial charge in [-0.15, -0.1) is 0 Å². The largest absolute Gasteiger partial charge is 0.492 e. The lowest BCUT2D eigenvalue weighted by molar-refractivity contribution is -0.139. The molecular weight excluding hydrogens is 236 g/mol. The number of aliphatic carboxylic acids is 1. The second-order valence-corrected chi connectivity index (χ2v) is 3.66. The van der Waals surface area contributed by atoms with E-state index in [1.807, 2.05) is 18.2 Å². The van der Waals surface area contributed by atoms with E-state index in [9.17, 15) is 9.59 Å². The molecule has 0 aliphatic heterocycles. The summed E-state index contributed by atoms with van der Waals surface area (Å²) >= 11 is 0. The summed E-state index contributed by atoms with van der Waals surface area (Å²) in [5.74, 6) is -0.881. The zero-order valence-corrected chi connectivity index (χ0v) is 9.83. The van der Waals surface area contributed by atoms with E-state index in [0.29, 0.717) is 12.4 Å². The molecule has 6 heteroatoms. The highest BCUT2D eigenvalue weighted by molar-refractivity contribution is 5.85. The molecule has 1 aromatic carbocycles. The van der Waals surface area contributed by atoms with Gasteiger partial charge in [-0.25, -0.2) is 0 Å². The van der Waals surface area contributed by atoms with Gasteiger partial charge in [-0.1, -0.05) is 18.2 Å². The zero-order chi connectivity index (χ0) is 13.4. The first-order valence-corrected chi connectivity index (χ1v) is 5.52. The summed E-state index contributed by atoms with van der Waals surface area (Å²) in [6, 6.07) is 8.14. The summed E-state index contributed by atoms with van der Waals surface area (Å²) in [6.07, 6.45) is -0.384. The third kappa shape index (κ3) is 5.31. The molecule has 0 saturated carbocycles. The van der Waals surface area contributed by atoms with E-state index in [1.54, 1.807) is 12.1 Å². The third-order valence-electron chi connectivity index (χ3n) is 2.14. The Morgan fingerprint density at radius 2 is 2.00 bits per heavy atom. The van der Waals surface area contributed by atoms with Gasteiger partial charge in [-0.3, -0.25) is 9.59 Å². The van der Waals surface area contributed by atoms with E-state index < -0.39 is 17.9 Å². The van der Waals surface area contributed by atoms with Gasteiger partial charge in [0.2, 0.25) is 5.91 Å². The molecule has 4 N–H and O–H groups in total. The minimum Gasteiger partial charge on any atom is -0.492 e. The van der Waals surface area contributed by atoms with Crippen LogP contribution in [0.4, 0.5) is 0 Å². The highest BCUT2D eigenvalue weighted by Crippen LogP contribution is 2.07. The van der Waals surface area contributed by atoms with E-state index in [-0.39, 0.29) is 13.0 Å². The van der Waals surface area contributed by atoms with Gasteiger partial charge >= 0.3 is 5.97 Å². The van der Waals surface area contributed by atoms with Crippen molar-refractivity contribution < 1.29 is 19.4 Å². The monoisotopic (exact) mass is 252 g/mol. The van der Waals surface area contributed by atoms with Gasteiger partial charge in [0.25, 0.3) is 0 Å². The number of nitrogens with two attached hydrogens (primary N) is 1. The molecular formula is C12H16N2O4. The number of para-hydroxylation sites is 1. The molecule has 98 valence electrons. The number of nitrogens with one attached hydrogen (secondary N) is 1. The van der Waals surface area contributed by atoms with E-state index in [1.165, 1.54) is 0 Å². The summed E-state index contributed by atoms with van der Waals surface area (Å²) in [7, 11) is 0. The van der Waals surface area contributed by atoms with Crippen molar-refractivity contribution in [3.63, 3.8) is 0 Å². The minimum atomic E-state index is -1.10. The molecule has 1 rings (SSSR count).